The number of nitrogens with zero attached hydrogens (tertiary/aromatic N) is 2. The predicted molar refractivity (Wildman–Crippen MR) is 50.3 cm³/mol. The standard InChI is InChI=1S/C6H5.C3H4N2.CN.Ir/c1-2-4-6-5-3-1;1-2-4-5-3-1;1-2;/h1-5H;1-3H,(H,4,5);;. The number of benzene rings is 1. The average molecular weight is 363 g/mol. The molecule has 0 spiro atoms. The van der Waals surface area contributed by atoms with Crippen LogP contribution < -0.4 is 4.08 Å². The molecule has 14 heavy (non-hydrogen) atoms. The van der Waals surface area contributed by atoms with Crippen LogP contribution in [0.3, 0.4) is 0 Å². The van der Waals surface area contributed by atoms with Gasteiger partial charge in [-0.1, -0.05) is 0 Å². The van der Waals surface area contributed by atoms with Gasteiger partial charge in [0.15, 0.2) is 0 Å². The summed E-state index contributed by atoms with van der Waals surface area (Å²) in [6, 6.07) is 11.7. The summed E-state index contributed by atoms with van der Waals surface area (Å²) in [6.07, 6.45) is 3.46. The van der Waals surface area contributed by atoms with E-state index in [1.54, 1.807) is 12.4 Å². The molecule has 0 aliphatic heterocycles. The van der Waals surface area contributed by atoms with Crippen molar-refractivity contribution in [3.8, 4) is 4.58 Å². The van der Waals surface area contributed by atoms with Crippen molar-refractivity contribution in [3.05, 3.63) is 48.8 Å². The van der Waals surface area contributed by atoms with Crippen molar-refractivity contribution in [2.24, 2.45) is 0 Å². The summed E-state index contributed by atoms with van der Waals surface area (Å²) >= 11 is -0.484. The number of aromatic amines is 1. The molecule has 0 saturated carbocycles. The second kappa shape index (κ2) is 7.02. The van der Waals surface area contributed by atoms with Crippen LogP contribution in [0.1, 0.15) is 0 Å². The molecule has 1 heterocycles. The minimum atomic E-state index is -0.484. The van der Waals surface area contributed by atoms with E-state index < -0.39 is 17.7 Å². The molecule has 0 radical (unpaired) electrons. The first-order chi connectivity index (χ1) is 6.93. The maximum Gasteiger partial charge on any atom is 0.0487 e. The maximum absolute atomic E-state index is 8.33. The molecule has 4 heteroatoms. The van der Waals surface area contributed by atoms with Gasteiger partial charge in [0.1, 0.15) is 0 Å². The molecular formula is C10H9IrN3. The maximum atomic E-state index is 8.33. The monoisotopic (exact) mass is 364 g/mol. The molecule has 0 aliphatic rings. The number of hydrogen-bond acceptors (Lipinski definition) is 2. The summed E-state index contributed by atoms with van der Waals surface area (Å²) in [4.78, 5) is 0. The Labute approximate surface area is 90.7 Å². The topological polar surface area (TPSA) is 52.5 Å². The molecule has 1 aromatic heterocycles. The molecule has 3 nitrogen and oxygen atoms in total. The predicted octanol–water partition coefficient (Wildman–Crippen LogP) is 1.29. The summed E-state index contributed by atoms with van der Waals surface area (Å²) in [5, 5.41) is 14.5. The Kier molecular flexibility index (Phi) is 5.34. The van der Waals surface area contributed by atoms with Gasteiger partial charge in [-0.15, -0.1) is 0 Å². The number of rotatable bonds is 1. The van der Waals surface area contributed by atoms with Gasteiger partial charge in [0.2, 0.25) is 0 Å². The quantitative estimate of drug-likeness (QED) is 0.830. The van der Waals surface area contributed by atoms with Crippen molar-refractivity contribution >= 4 is 4.08 Å². The molecule has 2 rings (SSSR count). The van der Waals surface area contributed by atoms with E-state index in [1.807, 2.05) is 36.4 Å². The number of hydrogen-bond donors (Lipinski definition) is 1. The summed E-state index contributed by atoms with van der Waals surface area (Å²) in [5.74, 6) is 0. The van der Waals surface area contributed by atoms with E-state index in [9.17, 15) is 0 Å². The third kappa shape index (κ3) is 4.56. The zero-order chi connectivity index (χ0) is 10.1. The van der Waals surface area contributed by atoms with Crippen LogP contribution >= 0.6 is 0 Å². The van der Waals surface area contributed by atoms with Crippen molar-refractivity contribution in [2.45, 2.75) is 0 Å². The molecule has 0 atom stereocenters. The van der Waals surface area contributed by atoms with Crippen LogP contribution in [0.2, 0.25) is 0 Å². The van der Waals surface area contributed by atoms with Gasteiger partial charge in [-0.05, 0) is 6.07 Å². The molecule has 0 bridgehead atoms. The molecular weight excluding hydrogens is 354 g/mol. The van der Waals surface area contributed by atoms with Crippen LogP contribution in [0.25, 0.3) is 0 Å². The number of H-pyrrole nitrogens is 1. The SMILES string of the molecule is N#[C][Ir][c]1ccccc1.c1cn[nH]c1. The van der Waals surface area contributed by atoms with Crippen molar-refractivity contribution in [3.63, 3.8) is 0 Å². The van der Waals surface area contributed by atoms with Crippen molar-refractivity contribution in [1.29, 1.82) is 5.26 Å². The second-order valence-electron chi connectivity index (χ2n) is 2.19. The Balaban J connectivity index is 0.000000165. The van der Waals surface area contributed by atoms with E-state index in [4.69, 9.17) is 5.26 Å². The van der Waals surface area contributed by atoms with Gasteiger partial charge in [0.25, 0.3) is 0 Å². The van der Waals surface area contributed by atoms with Crippen molar-refractivity contribution in [1.82, 2.24) is 10.2 Å². The van der Waals surface area contributed by atoms with Gasteiger partial charge in [0.05, 0.1) is 0 Å². The normalized spacial score (nSPS) is 8.50. The molecule has 0 unspecified atom stereocenters. The Morgan fingerprint density at radius 2 is 2.00 bits per heavy atom. The summed E-state index contributed by atoms with van der Waals surface area (Å²) in [6.45, 7) is 0. The number of aromatic nitrogens is 2. The van der Waals surface area contributed by atoms with E-state index in [0.717, 1.165) is 0 Å². The van der Waals surface area contributed by atoms with Crippen LogP contribution in [0, 0.1) is 9.84 Å². The fraction of sp³-hybridized carbons (Fsp3) is 0. The molecule has 0 aliphatic carbocycles. The van der Waals surface area contributed by atoms with Crippen LogP contribution in [-0.4, -0.2) is 10.2 Å². The molecule has 0 saturated heterocycles. The first-order valence-electron chi connectivity index (χ1n) is 3.90. The first kappa shape index (κ1) is 10.6. The van der Waals surface area contributed by atoms with Crippen LogP contribution in [-0.2, 0) is 17.7 Å². The van der Waals surface area contributed by atoms with Gasteiger partial charge in [-0.3, -0.25) is 5.10 Å². The zero-order valence-electron chi connectivity index (χ0n) is 7.35. The Hall–Kier alpha value is -1.43. The van der Waals surface area contributed by atoms with Gasteiger partial charge >= 0.3 is 61.9 Å². The minimum Gasteiger partial charge on any atom is -0.286 e. The fourth-order valence-electron chi connectivity index (χ4n) is 0.720. The number of nitriles is 1. The number of nitrogens with one attached hydrogen (secondary N) is 1. The first-order valence-corrected chi connectivity index (χ1v) is 6.30. The minimum absolute atomic E-state index is 0.484. The molecule has 1 aromatic carbocycles. The Morgan fingerprint density at radius 3 is 2.43 bits per heavy atom. The summed E-state index contributed by atoms with van der Waals surface area (Å²) in [5.41, 5.74) is 0. The van der Waals surface area contributed by atoms with Gasteiger partial charge in [-0.25, -0.2) is 0 Å². The van der Waals surface area contributed by atoms with E-state index in [2.05, 4.69) is 14.8 Å². The molecule has 2 aromatic rings. The van der Waals surface area contributed by atoms with Crippen LogP contribution in [0.15, 0.2) is 48.8 Å². The second-order valence-corrected chi connectivity index (χ2v) is 4.71. The van der Waals surface area contributed by atoms with E-state index in [1.165, 1.54) is 4.08 Å². The van der Waals surface area contributed by atoms with E-state index in [0.29, 0.717) is 0 Å². The molecule has 0 amide bonds. The van der Waals surface area contributed by atoms with Gasteiger partial charge < -0.3 is 0 Å². The zero-order valence-corrected chi connectivity index (χ0v) is 9.74. The average Bonchev–Trinajstić information content (AvgIpc) is 2.78. The Morgan fingerprint density at radius 1 is 1.21 bits per heavy atom. The van der Waals surface area contributed by atoms with E-state index >= 15 is 0 Å². The molecule has 73 valence electrons. The van der Waals surface area contributed by atoms with E-state index in [-0.39, 0.29) is 0 Å². The third-order valence-corrected chi connectivity index (χ3v) is 3.02. The summed E-state index contributed by atoms with van der Waals surface area (Å²) < 4.78 is 3.42. The molecule has 1 N–H and O–H groups in total. The van der Waals surface area contributed by atoms with Gasteiger partial charge in [-0.2, -0.15) is 5.10 Å². The Bertz CT molecular complexity index is 347. The third-order valence-electron chi connectivity index (χ3n) is 1.26. The fourth-order valence-corrected chi connectivity index (χ4v) is 1.89. The van der Waals surface area contributed by atoms with Crippen LogP contribution in [0.5, 0.6) is 0 Å². The van der Waals surface area contributed by atoms with Gasteiger partial charge in [0, 0.05) is 12.4 Å². The largest absolute Gasteiger partial charge is 0.286 e. The summed E-state index contributed by atoms with van der Waals surface area (Å²) in [7, 11) is 0. The van der Waals surface area contributed by atoms with Crippen molar-refractivity contribution < 1.29 is 17.7 Å². The van der Waals surface area contributed by atoms with Crippen LogP contribution in [0.4, 0.5) is 0 Å². The smallest absolute Gasteiger partial charge is 0.0487 e. The molecule has 0 fully saturated rings. The van der Waals surface area contributed by atoms with Crippen molar-refractivity contribution in [2.75, 3.05) is 0 Å².